The third-order valence-corrected chi connectivity index (χ3v) is 4.57. The molecule has 1 amide bonds. The average molecular weight is 303 g/mol. The standard InChI is InChI=1S/C16H21N3O3/c20-16(17-12-5-1-2-6-12)14-11-13(19(21)22)7-8-15(14)18-9-3-4-10-18/h7-8,11-12H,1-6,9-10H2,(H,17,20). The highest BCUT2D eigenvalue weighted by Gasteiger charge is 2.25. The van der Waals surface area contributed by atoms with Crippen LogP contribution in [0.4, 0.5) is 11.4 Å². The predicted molar refractivity (Wildman–Crippen MR) is 84.3 cm³/mol. The number of benzene rings is 1. The largest absolute Gasteiger partial charge is 0.371 e. The van der Waals surface area contributed by atoms with Crippen LogP contribution in [-0.4, -0.2) is 30.0 Å². The van der Waals surface area contributed by atoms with Gasteiger partial charge in [-0.3, -0.25) is 14.9 Å². The summed E-state index contributed by atoms with van der Waals surface area (Å²) in [6.07, 6.45) is 6.47. The molecule has 2 fully saturated rings. The molecule has 1 aromatic carbocycles. The van der Waals surface area contributed by atoms with Crippen LogP contribution in [0.3, 0.4) is 0 Å². The summed E-state index contributed by atoms with van der Waals surface area (Å²) in [5, 5.41) is 14.1. The quantitative estimate of drug-likeness (QED) is 0.685. The summed E-state index contributed by atoms with van der Waals surface area (Å²) in [6.45, 7) is 1.81. The molecule has 0 bridgehead atoms. The van der Waals surface area contributed by atoms with Crippen molar-refractivity contribution >= 4 is 17.3 Å². The highest BCUT2D eigenvalue weighted by molar-refractivity contribution is 6.00. The molecule has 6 heteroatoms. The number of anilines is 1. The summed E-state index contributed by atoms with van der Waals surface area (Å²) in [5.74, 6) is -0.183. The zero-order valence-corrected chi connectivity index (χ0v) is 12.6. The molecule has 6 nitrogen and oxygen atoms in total. The molecule has 1 aromatic rings. The van der Waals surface area contributed by atoms with Crippen LogP contribution >= 0.6 is 0 Å². The summed E-state index contributed by atoms with van der Waals surface area (Å²) < 4.78 is 0. The molecule has 1 heterocycles. The number of nitrogens with zero attached hydrogens (tertiary/aromatic N) is 2. The average Bonchev–Trinajstić information content (AvgIpc) is 3.19. The van der Waals surface area contributed by atoms with Crippen molar-refractivity contribution in [1.29, 1.82) is 0 Å². The van der Waals surface area contributed by atoms with Gasteiger partial charge in [-0.05, 0) is 31.7 Å². The lowest BCUT2D eigenvalue weighted by Crippen LogP contribution is -2.34. The third kappa shape index (κ3) is 3.05. The summed E-state index contributed by atoms with van der Waals surface area (Å²) in [6, 6.07) is 4.82. The second-order valence-corrected chi connectivity index (χ2v) is 6.11. The van der Waals surface area contributed by atoms with E-state index >= 15 is 0 Å². The van der Waals surface area contributed by atoms with Gasteiger partial charge in [-0.15, -0.1) is 0 Å². The van der Waals surface area contributed by atoms with Gasteiger partial charge < -0.3 is 10.2 Å². The Morgan fingerprint density at radius 3 is 2.50 bits per heavy atom. The van der Waals surface area contributed by atoms with Crippen LogP contribution in [0.1, 0.15) is 48.9 Å². The van der Waals surface area contributed by atoms with Gasteiger partial charge in [0.2, 0.25) is 0 Å². The van der Waals surface area contributed by atoms with Crippen molar-refractivity contribution in [2.24, 2.45) is 0 Å². The molecule has 1 aliphatic carbocycles. The second kappa shape index (κ2) is 6.34. The summed E-state index contributed by atoms with van der Waals surface area (Å²) in [7, 11) is 0. The van der Waals surface area contributed by atoms with Gasteiger partial charge in [0.25, 0.3) is 11.6 Å². The van der Waals surface area contributed by atoms with Crippen molar-refractivity contribution in [3.8, 4) is 0 Å². The van der Waals surface area contributed by atoms with Crippen LogP contribution in [0.15, 0.2) is 18.2 Å². The van der Waals surface area contributed by atoms with E-state index in [0.717, 1.165) is 57.3 Å². The monoisotopic (exact) mass is 303 g/mol. The van der Waals surface area contributed by atoms with E-state index in [1.165, 1.54) is 12.1 Å². The molecule has 3 rings (SSSR count). The minimum absolute atomic E-state index is 0.0282. The molecule has 0 spiro atoms. The first-order valence-corrected chi connectivity index (χ1v) is 7.99. The number of amides is 1. The van der Waals surface area contributed by atoms with Crippen molar-refractivity contribution in [2.75, 3.05) is 18.0 Å². The van der Waals surface area contributed by atoms with Gasteiger partial charge in [0.1, 0.15) is 0 Å². The van der Waals surface area contributed by atoms with Crippen LogP contribution in [0, 0.1) is 10.1 Å². The fraction of sp³-hybridized carbons (Fsp3) is 0.562. The molecule has 0 atom stereocenters. The maximum atomic E-state index is 12.6. The first-order chi connectivity index (χ1) is 10.6. The molecule has 0 aromatic heterocycles. The molecule has 0 unspecified atom stereocenters. The van der Waals surface area contributed by atoms with Crippen LogP contribution in [0.25, 0.3) is 0 Å². The lowest BCUT2D eigenvalue weighted by molar-refractivity contribution is -0.384. The van der Waals surface area contributed by atoms with E-state index in [-0.39, 0.29) is 17.6 Å². The van der Waals surface area contributed by atoms with Crippen molar-refractivity contribution in [2.45, 2.75) is 44.6 Å². The second-order valence-electron chi connectivity index (χ2n) is 6.11. The van der Waals surface area contributed by atoms with E-state index in [0.29, 0.717) is 5.56 Å². The lowest BCUT2D eigenvalue weighted by atomic mass is 10.1. The number of hydrogen-bond acceptors (Lipinski definition) is 4. The molecular formula is C16H21N3O3. The van der Waals surface area contributed by atoms with Crippen LogP contribution < -0.4 is 10.2 Å². The predicted octanol–water partition coefficient (Wildman–Crippen LogP) is 2.87. The van der Waals surface area contributed by atoms with Crippen molar-refractivity contribution in [1.82, 2.24) is 5.32 Å². The normalized spacial score (nSPS) is 18.6. The number of carbonyl (C=O) groups is 1. The van der Waals surface area contributed by atoms with Crippen LogP contribution in [0.5, 0.6) is 0 Å². The number of rotatable bonds is 4. The summed E-state index contributed by atoms with van der Waals surface area (Å²) in [5.41, 5.74) is 1.22. The first-order valence-electron chi connectivity index (χ1n) is 7.99. The summed E-state index contributed by atoms with van der Waals surface area (Å²) in [4.78, 5) is 25.3. The van der Waals surface area contributed by atoms with E-state index in [1.807, 2.05) is 0 Å². The molecule has 22 heavy (non-hydrogen) atoms. The Morgan fingerprint density at radius 1 is 1.18 bits per heavy atom. The van der Waals surface area contributed by atoms with Gasteiger partial charge in [-0.1, -0.05) is 12.8 Å². The Bertz CT molecular complexity index is 576. The molecule has 1 saturated carbocycles. The Labute approximate surface area is 129 Å². The van der Waals surface area contributed by atoms with E-state index in [4.69, 9.17) is 0 Å². The number of nitro groups is 1. The van der Waals surface area contributed by atoms with Gasteiger partial charge in [0.05, 0.1) is 16.2 Å². The maximum Gasteiger partial charge on any atom is 0.270 e. The van der Waals surface area contributed by atoms with Crippen LogP contribution in [0.2, 0.25) is 0 Å². The maximum absolute atomic E-state index is 12.6. The Hall–Kier alpha value is -2.11. The van der Waals surface area contributed by atoms with Crippen molar-refractivity contribution in [3.05, 3.63) is 33.9 Å². The fourth-order valence-electron chi connectivity index (χ4n) is 3.39. The number of nitrogens with one attached hydrogen (secondary N) is 1. The van der Waals surface area contributed by atoms with E-state index in [9.17, 15) is 14.9 Å². The molecule has 1 aliphatic heterocycles. The van der Waals surface area contributed by atoms with E-state index in [2.05, 4.69) is 10.2 Å². The molecule has 118 valence electrons. The Balaban J connectivity index is 1.88. The molecule has 0 radical (unpaired) electrons. The van der Waals surface area contributed by atoms with Crippen molar-refractivity contribution < 1.29 is 9.72 Å². The Morgan fingerprint density at radius 2 is 1.86 bits per heavy atom. The zero-order chi connectivity index (χ0) is 15.5. The molecular weight excluding hydrogens is 282 g/mol. The van der Waals surface area contributed by atoms with Gasteiger partial charge in [0.15, 0.2) is 0 Å². The summed E-state index contributed by atoms with van der Waals surface area (Å²) >= 11 is 0. The van der Waals surface area contributed by atoms with Crippen molar-refractivity contribution in [3.63, 3.8) is 0 Å². The van der Waals surface area contributed by atoms with Gasteiger partial charge in [-0.25, -0.2) is 0 Å². The number of carbonyl (C=O) groups excluding carboxylic acids is 1. The van der Waals surface area contributed by atoms with E-state index < -0.39 is 4.92 Å². The number of hydrogen-bond donors (Lipinski definition) is 1. The lowest BCUT2D eigenvalue weighted by Gasteiger charge is -2.22. The Kier molecular flexibility index (Phi) is 4.27. The molecule has 1 saturated heterocycles. The van der Waals surface area contributed by atoms with Crippen LogP contribution in [-0.2, 0) is 0 Å². The topological polar surface area (TPSA) is 75.5 Å². The fourth-order valence-corrected chi connectivity index (χ4v) is 3.39. The highest BCUT2D eigenvalue weighted by atomic mass is 16.6. The molecule has 1 N–H and O–H groups in total. The van der Waals surface area contributed by atoms with Gasteiger partial charge >= 0.3 is 0 Å². The molecule has 2 aliphatic rings. The number of nitro benzene ring substituents is 1. The minimum atomic E-state index is -0.444. The smallest absolute Gasteiger partial charge is 0.270 e. The third-order valence-electron chi connectivity index (χ3n) is 4.57. The van der Waals surface area contributed by atoms with E-state index in [1.54, 1.807) is 6.07 Å². The van der Waals surface area contributed by atoms with Gasteiger partial charge in [0, 0.05) is 31.3 Å². The SMILES string of the molecule is O=C(NC1CCCC1)c1cc([N+](=O)[O-])ccc1N1CCCC1. The van der Waals surface area contributed by atoms with Gasteiger partial charge in [-0.2, -0.15) is 0 Å². The first kappa shape index (κ1) is 14.8. The zero-order valence-electron chi connectivity index (χ0n) is 12.6. The highest BCUT2D eigenvalue weighted by Crippen LogP contribution is 2.29. The minimum Gasteiger partial charge on any atom is -0.371 e. The number of non-ortho nitro benzene ring substituents is 1.